The summed E-state index contributed by atoms with van der Waals surface area (Å²) in [6, 6.07) is 3.56. The molecule has 0 saturated heterocycles. The van der Waals surface area contributed by atoms with Crippen LogP contribution in [0.5, 0.6) is 0 Å². The van der Waals surface area contributed by atoms with Gasteiger partial charge in [-0.2, -0.15) is 13.2 Å². The molecule has 0 bridgehead atoms. The zero-order valence-corrected chi connectivity index (χ0v) is 10.6. The first-order valence-electron chi connectivity index (χ1n) is 6.02. The van der Waals surface area contributed by atoms with E-state index in [1.54, 1.807) is 6.07 Å². The predicted molar refractivity (Wildman–Crippen MR) is 65.3 cm³/mol. The summed E-state index contributed by atoms with van der Waals surface area (Å²) in [5, 5.41) is -0.246. The summed E-state index contributed by atoms with van der Waals surface area (Å²) in [4.78, 5) is 0. The third kappa shape index (κ3) is 2.64. The number of alkyl halides is 3. The van der Waals surface area contributed by atoms with Gasteiger partial charge in [0.2, 0.25) is 0 Å². The van der Waals surface area contributed by atoms with Crippen molar-refractivity contribution >= 4 is 11.6 Å². The maximum Gasteiger partial charge on any atom is 0.417 e. The summed E-state index contributed by atoms with van der Waals surface area (Å²) in [5.41, 5.74) is 5.68. The monoisotopic (exact) mass is 277 g/mol. The number of hydrogen-bond acceptors (Lipinski definition) is 1. The second-order valence-electron chi connectivity index (χ2n) is 4.78. The molecule has 0 spiro atoms. The standard InChI is InChI=1S/C13H15ClF3N/c14-11-9(12(18)8-4-1-2-5-8)6-3-7-10(11)13(15,16)17/h3,6-8,12H,1-2,4-5,18H2/t12-/m1/s1. The molecule has 0 radical (unpaired) electrons. The van der Waals surface area contributed by atoms with Crippen molar-refractivity contribution in [2.45, 2.75) is 37.9 Å². The molecule has 1 aliphatic carbocycles. The number of nitrogens with two attached hydrogens (primary N) is 1. The lowest BCUT2D eigenvalue weighted by atomic mass is 9.91. The molecule has 1 aliphatic rings. The quantitative estimate of drug-likeness (QED) is 0.843. The van der Waals surface area contributed by atoms with Crippen molar-refractivity contribution in [3.05, 3.63) is 34.3 Å². The Morgan fingerprint density at radius 1 is 1.22 bits per heavy atom. The first-order chi connectivity index (χ1) is 8.41. The molecule has 1 aromatic rings. The Morgan fingerprint density at radius 3 is 2.39 bits per heavy atom. The minimum Gasteiger partial charge on any atom is -0.324 e. The van der Waals surface area contributed by atoms with E-state index in [1.807, 2.05) is 0 Å². The van der Waals surface area contributed by atoms with Gasteiger partial charge in [0.25, 0.3) is 0 Å². The Bertz CT molecular complexity index is 425. The second-order valence-corrected chi connectivity index (χ2v) is 5.15. The lowest BCUT2D eigenvalue weighted by Gasteiger charge is -2.22. The van der Waals surface area contributed by atoms with E-state index in [9.17, 15) is 13.2 Å². The molecule has 0 aliphatic heterocycles. The normalized spacial score (nSPS) is 19.2. The lowest BCUT2D eigenvalue weighted by Crippen LogP contribution is -2.20. The van der Waals surface area contributed by atoms with Crippen molar-refractivity contribution in [2.75, 3.05) is 0 Å². The van der Waals surface area contributed by atoms with Gasteiger partial charge < -0.3 is 5.73 Å². The maximum atomic E-state index is 12.7. The fraction of sp³-hybridized carbons (Fsp3) is 0.538. The Hall–Kier alpha value is -0.740. The van der Waals surface area contributed by atoms with E-state index < -0.39 is 17.8 Å². The summed E-state index contributed by atoms with van der Waals surface area (Å²) in [6.07, 6.45) is -0.312. The Kier molecular flexibility index (Phi) is 3.87. The third-order valence-corrected chi connectivity index (χ3v) is 4.02. The first kappa shape index (κ1) is 13.7. The van der Waals surface area contributed by atoms with Crippen molar-refractivity contribution < 1.29 is 13.2 Å². The summed E-state index contributed by atoms with van der Waals surface area (Å²) in [7, 11) is 0. The molecule has 1 aromatic carbocycles. The Labute approximate surface area is 109 Å². The number of hydrogen-bond donors (Lipinski definition) is 1. The Morgan fingerprint density at radius 2 is 1.83 bits per heavy atom. The van der Waals surface area contributed by atoms with Crippen molar-refractivity contribution in [1.29, 1.82) is 0 Å². The topological polar surface area (TPSA) is 26.0 Å². The van der Waals surface area contributed by atoms with Gasteiger partial charge in [0.1, 0.15) is 0 Å². The largest absolute Gasteiger partial charge is 0.417 e. The van der Waals surface area contributed by atoms with Gasteiger partial charge in [-0.25, -0.2) is 0 Å². The SMILES string of the molecule is N[C@@H](c1cccc(C(F)(F)F)c1Cl)C1CCCC1. The fourth-order valence-electron chi connectivity index (χ4n) is 2.60. The van der Waals surface area contributed by atoms with Crippen LogP contribution in [0.4, 0.5) is 13.2 Å². The van der Waals surface area contributed by atoms with Crippen molar-refractivity contribution in [1.82, 2.24) is 0 Å². The minimum absolute atomic E-state index is 0.242. The van der Waals surface area contributed by atoms with Crippen molar-refractivity contribution in [3.8, 4) is 0 Å². The first-order valence-corrected chi connectivity index (χ1v) is 6.40. The van der Waals surface area contributed by atoms with E-state index in [2.05, 4.69) is 0 Å². The molecule has 1 saturated carbocycles. The van der Waals surface area contributed by atoms with Crippen LogP contribution < -0.4 is 5.73 Å². The number of rotatable bonds is 2. The van der Waals surface area contributed by atoms with Crippen LogP contribution in [0.25, 0.3) is 0 Å². The molecule has 100 valence electrons. The number of halogens is 4. The van der Waals surface area contributed by atoms with Crippen LogP contribution >= 0.6 is 11.6 Å². The maximum absolute atomic E-state index is 12.7. The van der Waals surface area contributed by atoms with Gasteiger partial charge in [0.05, 0.1) is 10.6 Å². The highest BCUT2D eigenvalue weighted by Gasteiger charge is 2.35. The molecule has 0 amide bonds. The average Bonchev–Trinajstić information content (AvgIpc) is 2.80. The molecule has 0 aromatic heterocycles. The zero-order valence-electron chi connectivity index (χ0n) is 9.80. The van der Waals surface area contributed by atoms with E-state index in [1.165, 1.54) is 6.07 Å². The van der Waals surface area contributed by atoms with Gasteiger partial charge in [-0.15, -0.1) is 0 Å². The van der Waals surface area contributed by atoms with Gasteiger partial charge in [0.15, 0.2) is 0 Å². The van der Waals surface area contributed by atoms with Crippen molar-refractivity contribution in [2.24, 2.45) is 11.7 Å². The van der Waals surface area contributed by atoms with Crippen LogP contribution in [0, 0.1) is 5.92 Å². The zero-order chi connectivity index (χ0) is 13.3. The molecular formula is C13H15ClF3N. The molecule has 18 heavy (non-hydrogen) atoms. The summed E-state index contributed by atoms with van der Waals surface area (Å²) in [5.74, 6) is 0.242. The average molecular weight is 278 g/mol. The molecule has 0 heterocycles. The van der Waals surface area contributed by atoms with Gasteiger partial charge in [0, 0.05) is 6.04 Å². The summed E-state index contributed by atoms with van der Waals surface area (Å²) in [6.45, 7) is 0. The van der Waals surface area contributed by atoms with Gasteiger partial charge in [-0.05, 0) is 30.4 Å². The molecular weight excluding hydrogens is 263 g/mol. The van der Waals surface area contributed by atoms with Gasteiger partial charge in [-0.1, -0.05) is 36.6 Å². The summed E-state index contributed by atoms with van der Waals surface area (Å²) >= 11 is 5.87. The second kappa shape index (κ2) is 5.10. The fourth-order valence-corrected chi connectivity index (χ4v) is 2.96. The molecule has 2 rings (SSSR count). The van der Waals surface area contributed by atoms with E-state index in [0.29, 0.717) is 5.56 Å². The molecule has 1 fully saturated rings. The van der Waals surface area contributed by atoms with Crippen LogP contribution in [-0.4, -0.2) is 0 Å². The minimum atomic E-state index is -4.43. The highest BCUT2D eigenvalue weighted by molar-refractivity contribution is 6.32. The van der Waals surface area contributed by atoms with E-state index in [0.717, 1.165) is 31.7 Å². The smallest absolute Gasteiger partial charge is 0.324 e. The van der Waals surface area contributed by atoms with Crippen molar-refractivity contribution in [3.63, 3.8) is 0 Å². The highest BCUT2D eigenvalue weighted by atomic mass is 35.5. The summed E-state index contributed by atoms with van der Waals surface area (Å²) < 4.78 is 38.2. The number of benzene rings is 1. The predicted octanol–water partition coefficient (Wildman–Crippen LogP) is 4.55. The third-order valence-electron chi connectivity index (χ3n) is 3.60. The molecule has 5 heteroatoms. The molecule has 1 nitrogen and oxygen atoms in total. The van der Waals surface area contributed by atoms with Crippen LogP contribution in [0.2, 0.25) is 5.02 Å². The van der Waals surface area contributed by atoms with Gasteiger partial charge >= 0.3 is 6.18 Å². The van der Waals surface area contributed by atoms with E-state index in [-0.39, 0.29) is 10.9 Å². The van der Waals surface area contributed by atoms with E-state index >= 15 is 0 Å². The highest BCUT2D eigenvalue weighted by Crippen LogP contribution is 2.41. The van der Waals surface area contributed by atoms with Crippen LogP contribution in [0.1, 0.15) is 42.9 Å². The molecule has 1 atom stereocenters. The molecule has 0 unspecified atom stereocenters. The van der Waals surface area contributed by atoms with E-state index in [4.69, 9.17) is 17.3 Å². The molecule has 2 N–H and O–H groups in total. The van der Waals surface area contributed by atoms with Gasteiger partial charge in [-0.3, -0.25) is 0 Å². The lowest BCUT2D eigenvalue weighted by molar-refractivity contribution is -0.137. The van der Waals surface area contributed by atoms with Crippen LogP contribution in [0.3, 0.4) is 0 Å². The van der Waals surface area contributed by atoms with Crippen LogP contribution in [-0.2, 0) is 6.18 Å². The Balaban J connectivity index is 2.33. The van der Waals surface area contributed by atoms with Crippen LogP contribution in [0.15, 0.2) is 18.2 Å².